The summed E-state index contributed by atoms with van der Waals surface area (Å²) in [5, 5.41) is 0. The second-order valence-electron chi connectivity index (χ2n) is 5.36. The summed E-state index contributed by atoms with van der Waals surface area (Å²) >= 11 is 0. The standard InChI is InChI=1S/C17H25N3O4Si/c1-14-2-6-16(7-3-14)23-25(21-12-10-18,22-13-11-19)24-17-8-4-15(20)5-9-17/h2-9H,10-13,18-20H2,1H3. The van der Waals surface area contributed by atoms with Gasteiger partial charge >= 0.3 is 9.05 Å². The predicted molar refractivity (Wildman–Crippen MR) is 99.1 cm³/mol. The summed E-state index contributed by atoms with van der Waals surface area (Å²) in [5.74, 6) is 1.11. The van der Waals surface area contributed by atoms with Crippen LogP contribution in [-0.4, -0.2) is 35.4 Å². The van der Waals surface area contributed by atoms with Gasteiger partial charge in [0.2, 0.25) is 0 Å². The van der Waals surface area contributed by atoms with Crippen LogP contribution in [0.25, 0.3) is 0 Å². The zero-order valence-corrected chi connectivity index (χ0v) is 15.3. The molecule has 0 saturated carbocycles. The number of hydrogen-bond acceptors (Lipinski definition) is 7. The molecule has 0 fully saturated rings. The van der Waals surface area contributed by atoms with Crippen molar-refractivity contribution in [3.8, 4) is 11.5 Å². The largest absolute Gasteiger partial charge is 0.820 e. The second-order valence-corrected chi connectivity index (χ2v) is 7.35. The van der Waals surface area contributed by atoms with E-state index in [-0.39, 0.29) is 13.2 Å². The summed E-state index contributed by atoms with van der Waals surface area (Å²) in [4.78, 5) is 0. The molecule has 0 heterocycles. The van der Waals surface area contributed by atoms with Crippen molar-refractivity contribution in [2.45, 2.75) is 6.92 Å². The molecule has 7 nitrogen and oxygen atoms in total. The van der Waals surface area contributed by atoms with E-state index in [1.165, 1.54) is 0 Å². The average molecular weight is 363 g/mol. The third-order valence-corrected chi connectivity index (χ3v) is 5.27. The Balaban J connectivity index is 2.27. The van der Waals surface area contributed by atoms with Gasteiger partial charge in [-0.3, -0.25) is 0 Å². The van der Waals surface area contributed by atoms with Gasteiger partial charge in [-0.05, 0) is 43.3 Å². The molecule has 0 atom stereocenters. The van der Waals surface area contributed by atoms with E-state index in [1.54, 1.807) is 24.3 Å². The van der Waals surface area contributed by atoms with Crippen LogP contribution in [-0.2, 0) is 8.85 Å². The molecule has 0 radical (unpaired) electrons. The topological polar surface area (TPSA) is 115 Å². The van der Waals surface area contributed by atoms with Crippen molar-refractivity contribution < 1.29 is 17.7 Å². The number of aryl methyl sites for hydroxylation is 1. The molecule has 0 saturated heterocycles. The summed E-state index contributed by atoms with van der Waals surface area (Å²) in [5.41, 5.74) is 18.6. The van der Waals surface area contributed by atoms with E-state index in [1.807, 2.05) is 31.2 Å². The fourth-order valence-electron chi connectivity index (χ4n) is 1.98. The average Bonchev–Trinajstić information content (AvgIpc) is 2.62. The Morgan fingerprint density at radius 3 is 1.64 bits per heavy atom. The predicted octanol–water partition coefficient (Wildman–Crippen LogP) is 1.42. The van der Waals surface area contributed by atoms with Crippen LogP contribution in [0.5, 0.6) is 11.5 Å². The van der Waals surface area contributed by atoms with E-state index in [2.05, 4.69) is 0 Å². The highest BCUT2D eigenvalue weighted by atomic mass is 28.4. The number of nitrogens with two attached hydrogens (primary N) is 3. The fraction of sp³-hybridized carbons (Fsp3) is 0.294. The molecule has 8 heteroatoms. The van der Waals surface area contributed by atoms with Gasteiger partial charge in [-0.25, -0.2) is 0 Å². The summed E-state index contributed by atoms with van der Waals surface area (Å²) < 4.78 is 23.6. The van der Waals surface area contributed by atoms with Crippen LogP contribution in [0.2, 0.25) is 0 Å². The number of benzene rings is 2. The first-order valence-corrected chi connectivity index (χ1v) is 9.68. The van der Waals surface area contributed by atoms with Gasteiger partial charge in [0, 0.05) is 18.8 Å². The third-order valence-electron chi connectivity index (χ3n) is 3.18. The zero-order chi connectivity index (χ0) is 18.1. The second kappa shape index (κ2) is 9.40. The summed E-state index contributed by atoms with van der Waals surface area (Å²) in [6.07, 6.45) is 0. The molecule has 0 aliphatic heterocycles. The minimum atomic E-state index is -3.55. The molecule has 0 bridgehead atoms. The zero-order valence-electron chi connectivity index (χ0n) is 14.3. The Kier molecular flexibility index (Phi) is 7.23. The lowest BCUT2D eigenvalue weighted by molar-refractivity contribution is 0.0456. The molecule has 6 N–H and O–H groups in total. The van der Waals surface area contributed by atoms with Crippen molar-refractivity contribution in [2.75, 3.05) is 32.0 Å². The molecular weight excluding hydrogens is 338 g/mol. The molecule has 0 aromatic heterocycles. The summed E-state index contributed by atoms with van der Waals surface area (Å²) in [7, 11) is -3.55. The van der Waals surface area contributed by atoms with Gasteiger partial charge in [0.1, 0.15) is 11.5 Å². The van der Waals surface area contributed by atoms with Crippen molar-refractivity contribution in [1.82, 2.24) is 0 Å². The smallest absolute Gasteiger partial charge is 0.471 e. The Morgan fingerprint density at radius 1 is 0.760 bits per heavy atom. The number of nitrogen functional groups attached to an aromatic ring is 1. The van der Waals surface area contributed by atoms with Gasteiger partial charge in [-0.2, -0.15) is 0 Å². The number of anilines is 1. The van der Waals surface area contributed by atoms with Crippen LogP contribution in [0.3, 0.4) is 0 Å². The maximum Gasteiger partial charge on any atom is 0.820 e. The summed E-state index contributed by atoms with van der Waals surface area (Å²) in [6.45, 7) is 3.08. The maximum absolute atomic E-state index is 6.03. The quantitative estimate of drug-likeness (QED) is 0.432. The highest BCUT2D eigenvalue weighted by Crippen LogP contribution is 2.23. The first kappa shape index (κ1) is 19.2. The normalized spacial score (nSPS) is 11.3. The highest BCUT2D eigenvalue weighted by molar-refractivity contribution is 6.55. The van der Waals surface area contributed by atoms with E-state index >= 15 is 0 Å². The van der Waals surface area contributed by atoms with Gasteiger partial charge in [-0.1, -0.05) is 17.7 Å². The van der Waals surface area contributed by atoms with Crippen LogP contribution < -0.4 is 26.1 Å². The van der Waals surface area contributed by atoms with Crippen LogP contribution in [0, 0.1) is 6.92 Å². The van der Waals surface area contributed by atoms with Crippen molar-refractivity contribution >= 4 is 14.7 Å². The molecular formula is C17H25N3O4Si. The minimum Gasteiger partial charge on any atom is -0.471 e. The summed E-state index contributed by atoms with van der Waals surface area (Å²) in [6, 6.07) is 14.5. The van der Waals surface area contributed by atoms with Crippen molar-refractivity contribution in [3.63, 3.8) is 0 Å². The van der Waals surface area contributed by atoms with Crippen molar-refractivity contribution in [1.29, 1.82) is 0 Å². The molecule has 0 aliphatic carbocycles. The Hall–Kier alpha value is -2.10. The van der Waals surface area contributed by atoms with E-state index < -0.39 is 9.05 Å². The first-order chi connectivity index (χ1) is 12.1. The Labute approximate surface area is 149 Å². The van der Waals surface area contributed by atoms with Gasteiger partial charge in [0.15, 0.2) is 0 Å². The molecule has 0 unspecified atom stereocenters. The molecule has 0 aliphatic rings. The molecule has 2 aromatic carbocycles. The van der Waals surface area contributed by atoms with E-state index in [0.717, 1.165) is 5.56 Å². The minimum absolute atomic E-state index is 0.234. The molecule has 2 rings (SSSR count). The lowest BCUT2D eigenvalue weighted by atomic mass is 10.2. The van der Waals surface area contributed by atoms with Crippen LogP contribution in [0.1, 0.15) is 5.56 Å². The third kappa shape index (κ3) is 6.04. The van der Waals surface area contributed by atoms with E-state index in [4.69, 9.17) is 34.9 Å². The van der Waals surface area contributed by atoms with E-state index in [0.29, 0.717) is 30.3 Å². The maximum atomic E-state index is 6.03. The van der Waals surface area contributed by atoms with Gasteiger partial charge in [0.25, 0.3) is 0 Å². The van der Waals surface area contributed by atoms with Crippen LogP contribution in [0.15, 0.2) is 48.5 Å². The van der Waals surface area contributed by atoms with Gasteiger partial charge in [-0.15, -0.1) is 0 Å². The molecule has 136 valence electrons. The first-order valence-electron chi connectivity index (χ1n) is 8.05. The number of rotatable bonds is 10. The number of hydrogen-bond donors (Lipinski definition) is 3. The Morgan fingerprint density at radius 2 is 1.20 bits per heavy atom. The highest BCUT2D eigenvalue weighted by Gasteiger charge is 2.51. The van der Waals surface area contributed by atoms with E-state index in [9.17, 15) is 0 Å². The van der Waals surface area contributed by atoms with Crippen LogP contribution >= 0.6 is 0 Å². The molecule has 0 amide bonds. The lowest BCUT2D eigenvalue weighted by Crippen LogP contribution is -2.56. The van der Waals surface area contributed by atoms with Crippen molar-refractivity contribution in [2.24, 2.45) is 11.5 Å². The SMILES string of the molecule is Cc1ccc(O[Si](OCCN)(OCCN)Oc2ccc(N)cc2)cc1. The van der Waals surface area contributed by atoms with Crippen LogP contribution in [0.4, 0.5) is 5.69 Å². The van der Waals surface area contributed by atoms with Gasteiger partial charge in [0.05, 0.1) is 13.2 Å². The molecule has 25 heavy (non-hydrogen) atoms. The monoisotopic (exact) mass is 363 g/mol. The van der Waals surface area contributed by atoms with Crippen molar-refractivity contribution in [3.05, 3.63) is 54.1 Å². The lowest BCUT2D eigenvalue weighted by Gasteiger charge is -2.28. The van der Waals surface area contributed by atoms with Gasteiger partial charge < -0.3 is 34.9 Å². The fourth-order valence-corrected chi connectivity index (χ4v) is 3.92. The Bertz CT molecular complexity index is 580. The molecule has 0 spiro atoms. The molecule has 2 aromatic rings.